The van der Waals surface area contributed by atoms with Gasteiger partial charge in [0.15, 0.2) is 0 Å². The van der Waals surface area contributed by atoms with Crippen LogP contribution in [0.15, 0.2) is 133 Å². The third-order valence-electron chi connectivity index (χ3n) is 9.46. The van der Waals surface area contributed by atoms with Gasteiger partial charge in [-0.05, 0) is 12.1 Å². The number of allylic oxidation sites excluding steroid dienone is 11. The molecule has 4 nitrogen and oxygen atoms in total. The molecule has 1 aliphatic heterocycles. The molecule has 0 atom stereocenters. The van der Waals surface area contributed by atoms with Crippen LogP contribution in [0.3, 0.4) is 0 Å². The van der Waals surface area contributed by atoms with Crippen molar-refractivity contribution in [1.29, 1.82) is 0 Å². The second kappa shape index (κ2) is 16.2. The molecular formula is C46H47N2O2Pb. The molecule has 4 aromatic carbocycles. The first kappa shape index (κ1) is 36.2. The topological polar surface area (TPSA) is 35.9 Å². The van der Waals surface area contributed by atoms with Gasteiger partial charge in [-0.25, -0.2) is 0 Å². The van der Waals surface area contributed by atoms with Gasteiger partial charge in [-0.3, -0.25) is 0 Å². The average Bonchev–Trinajstić information content (AvgIpc) is 3.11. The molecule has 0 saturated carbocycles. The Morgan fingerprint density at radius 1 is 0.804 bits per heavy atom. The van der Waals surface area contributed by atoms with E-state index in [-0.39, 0.29) is 0 Å². The molecule has 0 amide bonds. The number of anilines is 2. The fraction of sp³-hybridized carbons (Fsp3) is 0.217. The van der Waals surface area contributed by atoms with Crippen LogP contribution in [0.4, 0.5) is 11.4 Å². The molecule has 6 rings (SSSR count). The summed E-state index contributed by atoms with van der Waals surface area (Å²) in [6, 6.07) is 29.7. The first-order valence-corrected chi connectivity index (χ1v) is 20.4. The third kappa shape index (κ3) is 8.50. The summed E-state index contributed by atoms with van der Waals surface area (Å²) in [4.78, 5) is 4.12. The van der Waals surface area contributed by atoms with Gasteiger partial charge >= 0.3 is 227 Å². The molecule has 0 aromatic heterocycles. The second-order valence-electron chi connectivity index (χ2n) is 13.8. The number of nitrogens with zero attached hydrogens (tertiary/aromatic N) is 2. The zero-order valence-corrected chi connectivity index (χ0v) is 34.5. The minimum absolute atomic E-state index is 0.309. The molecule has 257 valence electrons. The number of aryl methyl sites for hydroxylation is 2. The normalized spacial score (nSPS) is 16.4. The molecule has 1 N–H and O–H groups in total. The Morgan fingerprint density at radius 3 is 2.20 bits per heavy atom. The standard InChI is InChI=1S/C46H47N2O2.Pb/c1-8-33(41-23-21-39(47(4)5)29-43(41)49)17-18-35-15-12-16-36(46(35)38-26-31(2)25-32(3)27-38)19-20-37-28-44(34-13-10-9-11-14-34)50-45-30-40(48(6)7)22-24-42(37)45;/h8-11,13-14,17-30,49H,1,12,15-16H2,2-7H3;/b18-17+,33-8-,36-19+,37-20+;. The summed E-state index contributed by atoms with van der Waals surface area (Å²) in [5, 5.41) is 11.1. The van der Waals surface area contributed by atoms with E-state index in [1.165, 1.54) is 33.4 Å². The molecule has 3 radical (unpaired) electrons. The van der Waals surface area contributed by atoms with Crippen molar-refractivity contribution in [3.8, 4) is 11.5 Å². The molecule has 2 aliphatic rings. The van der Waals surface area contributed by atoms with Gasteiger partial charge in [0.25, 0.3) is 0 Å². The van der Waals surface area contributed by atoms with Crippen molar-refractivity contribution in [3.63, 3.8) is 0 Å². The predicted octanol–water partition coefficient (Wildman–Crippen LogP) is 10.7. The van der Waals surface area contributed by atoms with Gasteiger partial charge in [0.05, 0.1) is 0 Å². The summed E-state index contributed by atoms with van der Waals surface area (Å²) in [5.41, 5.74) is 15.0. The van der Waals surface area contributed by atoms with Crippen LogP contribution in [0, 0.1) is 13.8 Å². The van der Waals surface area contributed by atoms with Gasteiger partial charge in [0, 0.05) is 31.4 Å². The number of hydrogen-bond acceptors (Lipinski definition) is 4. The maximum absolute atomic E-state index is 11.1. The van der Waals surface area contributed by atoms with E-state index in [0.29, 0.717) is 5.75 Å². The van der Waals surface area contributed by atoms with Gasteiger partial charge in [0.2, 0.25) is 0 Å². The number of hydrogen-bond donors (Lipinski definition) is 1. The van der Waals surface area contributed by atoms with Crippen molar-refractivity contribution in [2.45, 2.75) is 37.1 Å². The number of fused-ring (bicyclic) bond motifs is 1. The van der Waals surface area contributed by atoms with E-state index >= 15 is 0 Å². The van der Waals surface area contributed by atoms with E-state index in [1.54, 1.807) is 0 Å². The van der Waals surface area contributed by atoms with Crippen molar-refractivity contribution in [3.05, 3.63) is 166 Å². The van der Waals surface area contributed by atoms with E-state index in [2.05, 4.69) is 136 Å². The van der Waals surface area contributed by atoms with Crippen LogP contribution in [0.25, 0.3) is 22.5 Å². The van der Waals surface area contributed by atoms with Gasteiger partial charge in [-0.1, -0.05) is 30.3 Å². The van der Waals surface area contributed by atoms with E-state index in [1.807, 2.05) is 37.2 Å². The second-order valence-corrected chi connectivity index (χ2v) is 15.4. The molecule has 1 aliphatic carbocycles. The first-order valence-electron chi connectivity index (χ1n) is 17.6. The Labute approximate surface area is 320 Å². The minimum atomic E-state index is 0.309. The van der Waals surface area contributed by atoms with Crippen molar-refractivity contribution < 1.29 is 9.84 Å². The van der Waals surface area contributed by atoms with Gasteiger partial charge in [-0.2, -0.15) is 0 Å². The van der Waals surface area contributed by atoms with E-state index in [9.17, 15) is 5.11 Å². The summed E-state index contributed by atoms with van der Waals surface area (Å²) in [6.07, 6.45) is 16.6. The van der Waals surface area contributed by atoms with Crippen LogP contribution in [0.2, 0.25) is 3.98 Å². The Bertz CT molecular complexity index is 2090. The maximum atomic E-state index is 11.1. The molecule has 4 aromatic rings. The Kier molecular flexibility index (Phi) is 11.5. The predicted molar refractivity (Wildman–Crippen MR) is 219 cm³/mol. The summed E-state index contributed by atoms with van der Waals surface area (Å²) in [6.45, 7) is 4.37. The number of phenols is 1. The van der Waals surface area contributed by atoms with E-state index in [0.717, 1.165) is 99.7 Å². The average molecular weight is 867 g/mol. The van der Waals surface area contributed by atoms with Crippen LogP contribution in [-0.4, -0.2) is 59.1 Å². The molecule has 0 fully saturated rings. The molecule has 51 heavy (non-hydrogen) atoms. The summed E-state index contributed by atoms with van der Waals surface area (Å²) < 4.78 is 7.54. The van der Waals surface area contributed by atoms with Gasteiger partial charge in [-0.15, -0.1) is 0 Å². The number of ether oxygens (including phenoxy) is 1. The Balaban J connectivity index is 1.48. The summed E-state index contributed by atoms with van der Waals surface area (Å²) in [5.74, 6) is 2.02. The molecule has 0 spiro atoms. The SMILES string of the molecule is Cc1cc(C)cc(C2=C(/C=C/C(=C/[CH2][Pb])c3ccc(N(C)C)cc3O)CCC/C2=C\C=C2/C=C(c3ccccc3)Oc3cc(N(C)C)ccc32)c1. The quantitative estimate of drug-likeness (QED) is 0.134. The van der Waals surface area contributed by atoms with Crippen molar-refractivity contribution in [2.24, 2.45) is 0 Å². The van der Waals surface area contributed by atoms with E-state index in [4.69, 9.17) is 4.74 Å². The number of rotatable bonds is 9. The monoisotopic (exact) mass is 867 g/mol. The number of benzene rings is 4. The Hall–Kier alpha value is -4.56. The first-order chi connectivity index (χ1) is 24.6. The third-order valence-corrected chi connectivity index (χ3v) is 10.3. The molecule has 5 heteroatoms. The van der Waals surface area contributed by atoms with Crippen LogP contribution in [0.5, 0.6) is 11.5 Å². The Morgan fingerprint density at radius 2 is 1.51 bits per heavy atom. The summed E-state index contributed by atoms with van der Waals surface area (Å²) in [7, 11) is 8.10. The zero-order chi connectivity index (χ0) is 36.1. The molecule has 0 unspecified atom stereocenters. The molecular weight excluding hydrogens is 820 g/mol. The molecule has 0 bridgehead atoms. The fourth-order valence-corrected chi connectivity index (χ4v) is 7.77. The zero-order valence-electron chi connectivity index (χ0n) is 30.6. The number of phenolic OH excluding ortho intramolecular Hbond substituents is 1. The van der Waals surface area contributed by atoms with Gasteiger partial charge < -0.3 is 9.64 Å². The van der Waals surface area contributed by atoms with Gasteiger partial charge in [0.1, 0.15) is 11.5 Å². The van der Waals surface area contributed by atoms with Crippen LogP contribution < -0.4 is 14.5 Å². The molecule has 0 saturated heterocycles. The van der Waals surface area contributed by atoms with Crippen molar-refractivity contribution in [1.82, 2.24) is 0 Å². The summed E-state index contributed by atoms with van der Waals surface area (Å²) >= 11 is 1.06. The van der Waals surface area contributed by atoms with Crippen molar-refractivity contribution in [2.75, 3.05) is 38.0 Å². The fourth-order valence-electron chi connectivity index (χ4n) is 6.91. The van der Waals surface area contributed by atoms with Crippen LogP contribution in [-0.2, 0) is 0 Å². The van der Waals surface area contributed by atoms with E-state index < -0.39 is 0 Å². The molecule has 1 heterocycles. The van der Waals surface area contributed by atoms with Crippen molar-refractivity contribution >= 4 is 59.6 Å². The van der Waals surface area contributed by atoms with Crippen LogP contribution >= 0.6 is 0 Å². The number of aromatic hydroxyl groups is 1. The van der Waals surface area contributed by atoms with Crippen LogP contribution in [0.1, 0.15) is 52.6 Å².